The molecule has 8 heteroatoms. The largest absolute Gasteiger partial charge is 0.451 e. The Labute approximate surface area is 123 Å². The summed E-state index contributed by atoms with van der Waals surface area (Å²) in [7, 11) is 0. The third-order valence-electron chi connectivity index (χ3n) is 2.30. The van der Waals surface area contributed by atoms with Crippen LogP contribution in [-0.4, -0.2) is 28.1 Å². The summed E-state index contributed by atoms with van der Waals surface area (Å²) in [4.78, 5) is 23.5. The van der Waals surface area contributed by atoms with Gasteiger partial charge >= 0.3 is 5.97 Å². The first-order valence-electron chi connectivity index (χ1n) is 5.58. The van der Waals surface area contributed by atoms with Crippen LogP contribution in [0.1, 0.15) is 15.4 Å². The van der Waals surface area contributed by atoms with E-state index in [1.165, 1.54) is 0 Å². The number of aryl methyl sites for hydroxylation is 1. The van der Waals surface area contributed by atoms with E-state index in [2.05, 4.69) is 14.9 Å². The molecule has 6 nitrogen and oxygen atoms in total. The van der Waals surface area contributed by atoms with Crippen LogP contribution in [0.15, 0.2) is 24.3 Å². The lowest BCUT2D eigenvalue weighted by Crippen LogP contribution is -2.20. The number of esters is 1. The first-order valence-corrected chi connectivity index (χ1v) is 6.73. The molecule has 1 N–H and O–H groups in total. The number of hydrogen-bond donors (Lipinski definition) is 1. The van der Waals surface area contributed by atoms with Gasteiger partial charge in [-0.05, 0) is 42.7 Å². The molecule has 0 unspecified atom stereocenters. The molecule has 0 radical (unpaired) electrons. The second kappa shape index (κ2) is 6.44. The van der Waals surface area contributed by atoms with Crippen molar-refractivity contribution in [1.82, 2.24) is 9.59 Å². The zero-order valence-corrected chi connectivity index (χ0v) is 12.0. The highest BCUT2D eigenvalue weighted by Gasteiger charge is 2.16. The van der Waals surface area contributed by atoms with E-state index < -0.39 is 11.9 Å². The quantitative estimate of drug-likeness (QED) is 0.876. The monoisotopic (exact) mass is 311 g/mol. The van der Waals surface area contributed by atoms with Crippen molar-refractivity contribution in [2.75, 3.05) is 11.9 Å². The second-order valence-electron chi connectivity index (χ2n) is 3.82. The van der Waals surface area contributed by atoms with Crippen LogP contribution in [-0.2, 0) is 9.53 Å². The number of halogens is 1. The molecule has 0 bridgehead atoms. The van der Waals surface area contributed by atoms with Gasteiger partial charge in [0, 0.05) is 10.7 Å². The molecule has 0 atom stereocenters. The number of carbonyl (C=O) groups is 2. The van der Waals surface area contributed by atoms with Crippen molar-refractivity contribution in [1.29, 1.82) is 0 Å². The van der Waals surface area contributed by atoms with Gasteiger partial charge in [0.15, 0.2) is 11.5 Å². The van der Waals surface area contributed by atoms with Crippen LogP contribution in [0.5, 0.6) is 0 Å². The Hall–Kier alpha value is -1.99. The molecule has 1 aromatic heterocycles. The Kier molecular flexibility index (Phi) is 4.65. The molecule has 2 rings (SSSR count). The Balaban J connectivity index is 1.85. The van der Waals surface area contributed by atoms with Crippen molar-refractivity contribution in [2.45, 2.75) is 6.92 Å². The van der Waals surface area contributed by atoms with E-state index in [-0.39, 0.29) is 6.61 Å². The molecule has 0 fully saturated rings. The first kappa shape index (κ1) is 14.4. The summed E-state index contributed by atoms with van der Waals surface area (Å²) >= 11 is 6.66. The molecular weight excluding hydrogens is 302 g/mol. The molecular formula is C12H10ClN3O3S. The van der Waals surface area contributed by atoms with Gasteiger partial charge in [-0.15, -0.1) is 5.10 Å². The van der Waals surface area contributed by atoms with Crippen LogP contribution in [0.2, 0.25) is 5.02 Å². The average Bonchev–Trinajstić information content (AvgIpc) is 2.85. The van der Waals surface area contributed by atoms with Gasteiger partial charge in [0.2, 0.25) is 0 Å². The summed E-state index contributed by atoms with van der Waals surface area (Å²) in [6, 6.07) is 6.60. The highest BCUT2D eigenvalue weighted by Crippen LogP contribution is 2.13. The highest BCUT2D eigenvalue weighted by atomic mass is 35.5. The standard InChI is InChI=1S/C12H10ClN3O3S/c1-7-11(20-16-15-7)12(18)19-6-10(17)14-9-4-2-8(13)3-5-9/h2-5H,6H2,1H3,(H,14,17). The lowest BCUT2D eigenvalue weighted by molar-refractivity contribution is -0.119. The van der Waals surface area contributed by atoms with E-state index in [0.717, 1.165) is 11.5 Å². The lowest BCUT2D eigenvalue weighted by atomic mass is 10.3. The van der Waals surface area contributed by atoms with Crippen molar-refractivity contribution in [3.8, 4) is 0 Å². The third-order valence-corrected chi connectivity index (χ3v) is 3.36. The van der Waals surface area contributed by atoms with Crippen LogP contribution in [0, 0.1) is 6.92 Å². The van der Waals surface area contributed by atoms with Gasteiger partial charge in [0.25, 0.3) is 5.91 Å². The fraction of sp³-hybridized carbons (Fsp3) is 0.167. The highest BCUT2D eigenvalue weighted by molar-refractivity contribution is 7.07. The van der Waals surface area contributed by atoms with Crippen molar-refractivity contribution in [3.63, 3.8) is 0 Å². The molecule has 2 aromatic rings. The molecule has 0 aliphatic carbocycles. The third kappa shape index (κ3) is 3.75. The van der Waals surface area contributed by atoms with Crippen molar-refractivity contribution in [3.05, 3.63) is 39.9 Å². The molecule has 0 saturated carbocycles. The lowest BCUT2D eigenvalue weighted by Gasteiger charge is -2.05. The van der Waals surface area contributed by atoms with E-state index in [1.807, 2.05) is 0 Å². The molecule has 1 amide bonds. The smallest absolute Gasteiger partial charge is 0.352 e. The Morgan fingerprint density at radius 1 is 1.35 bits per heavy atom. The summed E-state index contributed by atoms with van der Waals surface area (Å²) in [5.41, 5.74) is 1.06. The predicted molar refractivity (Wildman–Crippen MR) is 75.0 cm³/mol. The number of nitrogens with zero attached hydrogens (tertiary/aromatic N) is 2. The summed E-state index contributed by atoms with van der Waals surface area (Å²) in [6.45, 7) is 1.27. The van der Waals surface area contributed by atoms with Crippen molar-refractivity contribution < 1.29 is 14.3 Å². The zero-order chi connectivity index (χ0) is 14.5. The number of ether oxygens (including phenoxy) is 1. The van der Waals surface area contributed by atoms with E-state index >= 15 is 0 Å². The number of amides is 1. The minimum Gasteiger partial charge on any atom is -0.451 e. The molecule has 1 aromatic carbocycles. The van der Waals surface area contributed by atoms with Crippen LogP contribution in [0.25, 0.3) is 0 Å². The SMILES string of the molecule is Cc1nnsc1C(=O)OCC(=O)Nc1ccc(Cl)cc1. The van der Waals surface area contributed by atoms with Gasteiger partial charge < -0.3 is 10.1 Å². The molecule has 0 spiro atoms. The summed E-state index contributed by atoms with van der Waals surface area (Å²) < 4.78 is 8.50. The zero-order valence-electron chi connectivity index (χ0n) is 10.4. The van der Waals surface area contributed by atoms with Crippen molar-refractivity contribution >= 4 is 40.7 Å². The normalized spacial score (nSPS) is 10.1. The predicted octanol–water partition coefficient (Wildman–Crippen LogP) is 2.30. The first-order chi connectivity index (χ1) is 9.56. The van der Waals surface area contributed by atoms with E-state index in [0.29, 0.717) is 21.3 Å². The Morgan fingerprint density at radius 3 is 2.65 bits per heavy atom. The molecule has 0 saturated heterocycles. The van der Waals surface area contributed by atoms with Crippen LogP contribution >= 0.6 is 23.1 Å². The molecule has 20 heavy (non-hydrogen) atoms. The van der Waals surface area contributed by atoms with E-state index in [1.54, 1.807) is 31.2 Å². The molecule has 0 aliphatic rings. The van der Waals surface area contributed by atoms with Gasteiger partial charge in [-0.1, -0.05) is 16.1 Å². The number of benzene rings is 1. The maximum atomic E-state index is 11.6. The maximum Gasteiger partial charge on any atom is 0.352 e. The number of rotatable bonds is 4. The summed E-state index contributed by atoms with van der Waals surface area (Å²) in [5.74, 6) is -1.04. The van der Waals surface area contributed by atoms with Crippen LogP contribution in [0.3, 0.4) is 0 Å². The van der Waals surface area contributed by atoms with E-state index in [4.69, 9.17) is 16.3 Å². The number of hydrogen-bond acceptors (Lipinski definition) is 6. The van der Waals surface area contributed by atoms with Gasteiger partial charge in [-0.3, -0.25) is 4.79 Å². The average molecular weight is 312 g/mol. The number of aromatic nitrogens is 2. The van der Waals surface area contributed by atoms with Crippen molar-refractivity contribution in [2.24, 2.45) is 0 Å². The minimum atomic E-state index is -0.608. The minimum absolute atomic E-state index is 0.296. The topological polar surface area (TPSA) is 81.2 Å². The van der Waals surface area contributed by atoms with Gasteiger partial charge in [-0.2, -0.15) is 0 Å². The summed E-state index contributed by atoms with van der Waals surface area (Å²) in [6.07, 6.45) is 0. The van der Waals surface area contributed by atoms with Crippen LogP contribution < -0.4 is 5.32 Å². The second-order valence-corrected chi connectivity index (χ2v) is 5.01. The molecule has 0 aliphatic heterocycles. The Bertz CT molecular complexity index is 627. The van der Waals surface area contributed by atoms with E-state index in [9.17, 15) is 9.59 Å². The maximum absolute atomic E-state index is 11.6. The number of nitrogens with one attached hydrogen (secondary N) is 1. The number of anilines is 1. The number of carbonyl (C=O) groups excluding carboxylic acids is 2. The fourth-order valence-electron chi connectivity index (χ4n) is 1.35. The molecule has 104 valence electrons. The van der Waals surface area contributed by atoms with Gasteiger partial charge in [-0.25, -0.2) is 4.79 Å². The van der Waals surface area contributed by atoms with Gasteiger partial charge in [0.1, 0.15) is 0 Å². The molecule has 1 heterocycles. The fourth-order valence-corrected chi connectivity index (χ4v) is 2.02. The van der Waals surface area contributed by atoms with Crippen LogP contribution in [0.4, 0.5) is 5.69 Å². The van der Waals surface area contributed by atoms with Gasteiger partial charge in [0.05, 0.1) is 5.69 Å². The Morgan fingerprint density at radius 2 is 2.05 bits per heavy atom. The summed E-state index contributed by atoms with van der Waals surface area (Å²) in [5, 5.41) is 6.85.